The minimum Gasteiger partial charge on any atom is -0.490 e. The molecule has 0 atom stereocenters. The molecule has 4 nitrogen and oxygen atoms in total. The zero-order valence-corrected chi connectivity index (χ0v) is 12.9. The van der Waals surface area contributed by atoms with Crippen LogP contribution in [0.1, 0.15) is 42.5 Å². The molecular formula is C17H23NO3. The van der Waals surface area contributed by atoms with Crippen LogP contribution in [0.15, 0.2) is 18.2 Å². The molecule has 0 unspecified atom stereocenters. The molecule has 2 aliphatic rings. The first-order valence-electron chi connectivity index (χ1n) is 7.75. The smallest absolute Gasteiger partial charge is 0.183 e. The van der Waals surface area contributed by atoms with Crippen LogP contribution in [0.2, 0.25) is 0 Å². The van der Waals surface area contributed by atoms with Gasteiger partial charge >= 0.3 is 0 Å². The summed E-state index contributed by atoms with van der Waals surface area (Å²) < 4.78 is 11.3. The van der Waals surface area contributed by atoms with Crippen LogP contribution in [0.5, 0.6) is 11.5 Å². The van der Waals surface area contributed by atoms with Crippen molar-refractivity contribution in [2.24, 2.45) is 0 Å². The van der Waals surface area contributed by atoms with Crippen LogP contribution in [0.4, 0.5) is 0 Å². The van der Waals surface area contributed by atoms with Crippen molar-refractivity contribution >= 4 is 5.78 Å². The number of likely N-dealkylation sites (N-methyl/N-ethyl adjacent to an activating group) is 1. The molecule has 1 fully saturated rings. The van der Waals surface area contributed by atoms with Gasteiger partial charge in [-0.2, -0.15) is 0 Å². The van der Waals surface area contributed by atoms with E-state index < -0.39 is 0 Å². The van der Waals surface area contributed by atoms with Gasteiger partial charge in [0, 0.05) is 12.0 Å². The minimum absolute atomic E-state index is 0.209. The Bertz CT molecular complexity index is 533. The molecule has 0 N–H and O–H groups in total. The molecule has 1 aliphatic heterocycles. The average molecular weight is 289 g/mol. The van der Waals surface area contributed by atoms with Crippen molar-refractivity contribution in [3.05, 3.63) is 23.8 Å². The van der Waals surface area contributed by atoms with Gasteiger partial charge in [0.05, 0.1) is 18.8 Å². The van der Waals surface area contributed by atoms with Crippen molar-refractivity contribution in [3.63, 3.8) is 0 Å². The summed E-state index contributed by atoms with van der Waals surface area (Å²) in [6.45, 7) is 1.31. The fourth-order valence-electron chi connectivity index (χ4n) is 3.41. The van der Waals surface area contributed by atoms with Crippen LogP contribution < -0.4 is 9.47 Å². The lowest BCUT2D eigenvalue weighted by molar-refractivity contribution is 0.0693. The fourth-order valence-corrected chi connectivity index (χ4v) is 3.41. The second kappa shape index (κ2) is 5.68. The molecule has 114 valence electrons. The molecule has 0 amide bonds. The average Bonchev–Trinajstić information content (AvgIpc) is 2.87. The summed E-state index contributed by atoms with van der Waals surface area (Å²) in [4.78, 5) is 15.1. The number of rotatable bonds is 3. The number of Topliss-reactive ketones (excluding diaryl/α,β-unsaturated/α-hetero) is 1. The number of ether oxygens (including phenoxy) is 2. The van der Waals surface area contributed by atoms with Crippen LogP contribution in [-0.4, -0.2) is 43.5 Å². The first-order valence-corrected chi connectivity index (χ1v) is 7.75. The molecule has 0 spiro atoms. The maximum absolute atomic E-state index is 13.0. The first-order chi connectivity index (χ1) is 10.1. The van der Waals surface area contributed by atoms with Gasteiger partial charge in [-0.1, -0.05) is 12.8 Å². The standard InChI is InChI=1S/C17H23NO3/c1-18(2)17(8-3-4-9-17)16(19)13-6-7-14-15(12-13)21-11-5-10-20-14/h6-7,12H,3-5,8-11H2,1-2H3. The molecule has 21 heavy (non-hydrogen) atoms. The van der Waals surface area contributed by atoms with E-state index in [0.717, 1.165) is 43.4 Å². The van der Waals surface area contributed by atoms with E-state index in [9.17, 15) is 4.79 Å². The number of hydrogen-bond acceptors (Lipinski definition) is 4. The molecule has 0 saturated heterocycles. The third-order valence-corrected chi connectivity index (χ3v) is 4.72. The molecule has 1 aliphatic carbocycles. The largest absolute Gasteiger partial charge is 0.490 e. The zero-order valence-electron chi connectivity index (χ0n) is 12.9. The lowest BCUT2D eigenvalue weighted by Crippen LogP contribution is -2.48. The molecule has 4 heteroatoms. The van der Waals surface area contributed by atoms with Crippen molar-refractivity contribution in [1.29, 1.82) is 0 Å². The van der Waals surface area contributed by atoms with Crippen LogP contribution in [0.3, 0.4) is 0 Å². The van der Waals surface area contributed by atoms with E-state index in [1.807, 2.05) is 32.3 Å². The van der Waals surface area contributed by atoms with Crippen molar-refractivity contribution in [2.45, 2.75) is 37.6 Å². The normalized spacial score (nSPS) is 20.3. The summed E-state index contributed by atoms with van der Waals surface area (Å²) in [5.41, 5.74) is 0.384. The number of carbonyl (C=O) groups excluding carboxylic acids is 1. The van der Waals surface area contributed by atoms with Gasteiger partial charge in [-0.25, -0.2) is 0 Å². The monoisotopic (exact) mass is 289 g/mol. The Labute approximate surface area is 126 Å². The van der Waals surface area contributed by atoms with Gasteiger partial charge in [0.25, 0.3) is 0 Å². The Morgan fingerprint density at radius 3 is 2.38 bits per heavy atom. The highest BCUT2D eigenvalue weighted by molar-refractivity contribution is 6.03. The molecule has 1 heterocycles. The number of carbonyl (C=O) groups is 1. The summed E-state index contributed by atoms with van der Waals surface area (Å²) in [5, 5.41) is 0. The van der Waals surface area contributed by atoms with E-state index in [-0.39, 0.29) is 11.3 Å². The van der Waals surface area contributed by atoms with Crippen LogP contribution in [-0.2, 0) is 0 Å². The number of fused-ring (bicyclic) bond motifs is 1. The Morgan fingerprint density at radius 2 is 1.71 bits per heavy atom. The minimum atomic E-state index is -0.347. The van der Waals surface area contributed by atoms with E-state index in [1.165, 1.54) is 0 Å². The lowest BCUT2D eigenvalue weighted by Gasteiger charge is -2.34. The number of ketones is 1. The molecule has 3 rings (SSSR count). The summed E-state index contributed by atoms with van der Waals surface area (Å²) in [7, 11) is 4.01. The summed E-state index contributed by atoms with van der Waals surface area (Å²) in [6, 6.07) is 5.60. The maximum Gasteiger partial charge on any atom is 0.183 e. The zero-order chi connectivity index (χ0) is 14.9. The highest BCUT2D eigenvalue weighted by Crippen LogP contribution is 2.38. The molecule has 1 saturated carbocycles. The lowest BCUT2D eigenvalue weighted by atomic mass is 9.86. The fraction of sp³-hybridized carbons (Fsp3) is 0.588. The second-order valence-corrected chi connectivity index (χ2v) is 6.17. The Balaban J connectivity index is 1.92. The molecule has 0 bridgehead atoms. The third kappa shape index (κ3) is 2.53. The van der Waals surface area contributed by atoms with Gasteiger partial charge < -0.3 is 9.47 Å². The summed E-state index contributed by atoms with van der Waals surface area (Å²) in [6.07, 6.45) is 4.99. The summed E-state index contributed by atoms with van der Waals surface area (Å²) >= 11 is 0. The summed E-state index contributed by atoms with van der Waals surface area (Å²) in [5.74, 6) is 1.65. The van der Waals surface area contributed by atoms with E-state index >= 15 is 0 Å². The van der Waals surface area contributed by atoms with Gasteiger partial charge in [-0.3, -0.25) is 9.69 Å². The topological polar surface area (TPSA) is 38.8 Å². The van der Waals surface area contributed by atoms with Gasteiger partial charge in [-0.15, -0.1) is 0 Å². The van der Waals surface area contributed by atoms with E-state index in [1.54, 1.807) is 0 Å². The predicted molar refractivity (Wildman–Crippen MR) is 81.3 cm³/mol. The molecule has 0 aromatic heterocycles. The third-order valence-electron chi connectivity index (χ3n) is 4.72. The molecule has 0 radical (unpaired) electrons. The van der Waals surface area contributed by atoms with Gasteiger partial charge in [0.15, 0.2) is 17.3 Å². The van der Waals surface area contributed by atoms with Gasteiger partial charge in [0.2, 0.25) is 0 Å². The van der Waals surface area contributed by atoms with E-state index in [0.29, 0.717) is 19.0 Å². The van der Waals surface area contributed by atoms with Gasteiger partial charge in [-0.05, 0) is 45.1 Å². The van der Waals surface area contributed by atoms with Crippen molar-refractivity contribution in [3.8, 4) is 11.5 Å². The van der Waals surface area contributed by atoms with Crippen LogP contribution in [0.25, 0.3) is 0 Å². The Hall–Kier alpha value is -1.55. The van der Waals surface area contributed by atoms with E-state index in [2.05, 4.69) is 4.90 Å². The number of nitrogens with zero attached hydrogens (tertiary/aromatic N) is 1. The van der Waals surface area contributed by atoms with Crippen molar-refractivity contribution in [2.75, 3.05) is 27.3 Å². The van der Waals surface area contributed by atoms with Crippen LogP contribution in [0, 0.1) is 0 Å². The number of benzene rings is 1. The predicted octanol–water partition coefficient (Wildman–Crippen LogP) is 2.91. The van der Waals surface area contributed by atoms with Gasteiger partial charge in [0.1, 0.15) is 0 Å². The van der Waals surface area contributed by atoms with Crippen molar-refractivity contribution in [1.82, 2.24) is 4.90 Å². The molecular weight excluding hydrogens is 266 g/mol. The molecule has 1 aromatic rings. The second-order valence-electron chi connectivity index (χ2n) is 6.17. The van der Waals surface area contributed by atoms with Crippen molar-refractivity contribution < 1.29 is 14.3 Å². The molecule has 1 aromatic carbocycles. The highest BCUT2D eigenvalue weighted by atomic mass is 16.5. The highest BCUT2D eigenvalue weighted by Gasteiger charge is 2.43. The number of hydrogen-bond donors (Lipinski definition) is 0. The van der Waals surface area contributed by atoms with Crippen LogP contribution >= 0.6 is 0 Å². The Kier molecular flexibility index (Phi) is 3.89. The van der Waals surface area contributed by atoms with E-state index in [4.69, 9.17) is 9.47 Å². The quantitative estimate of drug-likeness (QED) is 0.802. The SMILES string of the molecule is CN(C)C1(C(=O)c2ccc3c(c2)OCCCO3)CCCC1. The maximum atomic E-state index is 13.0. The first kappa shape index (κ1) is 14.4. The Morgan fingerprint density at radius 1 is 1.05 bits per heavy atom.